The second-order valence-corrected chi connectivity index (χ2v) is 7.97. The molecule has 1 aromatic heterocycles. The Hall–Kier alpha value is -2.67. The van der Waals surface area contributed by atoms with Gasteiger partial charge in [0.2, 0.25) is 0 Å². The number of carbonyl (C=O) groups excluding carboxylic acids is 3. The number of methoxy groups -OCH3 is 1. The van der Waals surface area contributed by atoms with Crippen molar-refractivity contribution in [1.82, 2.24) is 5.32 Å². The second kappa shape index (κ2) is 9.01. The standard InChI is InChI=1S/C21H24N2O4S/c1-27-20(26)15-7-9-16(10-8-15)23-19(25)18(24)22-14-21(11-3-2-4-12-21)17-6-5-13-28-17/h5-10,13H,2-4,11-12,14H2,1H3,(H,22,24)(H,23,25). The van der Waals surface area contributed by atoms with Gasteiger partial charge in [-0.3, -0.25) is 9.59 Å². The van der Waals surface area contributed by atoms with Crippen molar-refractivity contribution >= 4 is 34.8 Å². The van der Waals surface area contributed by atoms with Gasteiger partial charge in [0.05, 0.1) is 12.7 Å². The predicted octanol–water partition coefficient (Wildman–Crippen LogP) is 3.49. The fraction of sp³-hybridized carbons (Fsp3) is 0.381. The third-order valence-electron chi connectivity index (χ3n) is 5.21. The van der Waals surface area contributed by atoms with Gasteiger partial charge in [-0.2, -0.15) is 0 Å². The van der Waals surface area contributed by atoms with Crippen LogP contribution in [0.1, 0.15) is 47.3 Å². The molecule has 1 saturated carbocycles. The number of rotatable bonds is 5. The maximum atomic E-state index is 12.3. The van der Waals surface area contributed by atoms with Crippen LogP contribution in [0.5, 0.6) is 0 Å². The summed E-state index contributed by atoms with van der Waals surface area (Å²) in [6.07, 6.45) is 5.51. The lowest BCUT2D eigenvalue weighted by Crippen LogP contribution is -2.45. The molecule has 3 rings (SSSR count). The third-order valence-corrected chi connectivity index (χ3v) is 6.33. The molecule has 0 saturated heterocycles. The summed E-state index contributed by atoms with van der Waals surface area (Å²) in [5.41, 5.74) is 0.739. The molecule has 148 valence electrons. The molecule has 0 atom stereocenters. The smallest absolute Gasteiger partial charge is 0.337 e. The van der Waals surface area contributed by atoms with E-state index < -0.39 is 17.8 Å². The number of hydrogen-bond acceptors (Lipinski definition) is 5. The second-order valence-electron chi connectivity index (χ2n) is 7.02. The molecule has 1 fully saturated rings. The number of thiophene rings is 1. The summed E-state index contributed by atoms with van der Waals surface area (Å²) < 4.78 is 4.64. The highest BCUT2D eigenvalue weighted by atomic mass is 32.1. The Labute approximate surface area is 168 Å². The quantitative estimate of drug-likeness (QED) is 0.594. The molecule has 28 heavy (non-hydrogen) atoms. The molecular formula is C21H24N2O4S. The van der Waals surface area contributed by atoms with Crippen LogP contribution in [0.25, 0.3) is 0 Å². The Kier molecular flexibility index (Phi) is 6.46. The van der Waals surface area contributed by atoms with E-state index in [1.807, 2.05) is 6.07 Å². The van der Waals surface area contributed by atoms with Crippen LogP contribution in [-0.2, 0) is 19.7 Å². The number of hydrogen-bond donors (Lipinski definition) is 2. The highest BCUT2D eigenvalue weighted by molar-refractivity contribution is 7.10. The summed E-state index contributed by atoms with van der Waals surface area (Å²) in [4.78, 5) is 37.3. The predicted molar refractivity (Wildman–Crippen MR) is 109 cm³/mol. The zero-order valence-electron chi connectivity index (χ0n) is 15.8. The topological polar surface area (TPSA) is 84.5 Å². The maximum absolute atomic E-state index is 12.3. The molecule has 1 aromatic carbocycles. The van der Waals surface area contributed by atoms with Crippen LogP contribution < -0.4 is 10.6 Å². The molecule has 0 spiro atoms. The Morgan fingerprint density at radius 3 is 2.36 bits per heavy atom. The minimum absolute atomic E-state index is 0.0789. The van der Waals surface area contributed by atoms with Gasteiger partial charge in [0.1, 0.15) is 0 Å². The van der Waals surface area contributed by atoms with E-state index in [4.69, 9.17) is 0 Å². The monoisotopic (exact) mass is 400 g/mol. The van der Waals surface area contributed by atoms with Crippen molar-refractivity contribution in [3.05, 3.63) is 52.2 Å². The van der Waals surface area contributed by atoms with Crippen molar-refractivity contribution in [1.29, 1.82) is 0 Å². The van der Waals surface area contributed by atoms with E-state index in [1.54, 1.807) is 23.5 Å². The molecule has 0 unspecified atom stereocenters. The van der Waals surface area contributed by atoms with E-state index in [9.17, 15) is 14.4 Å². The molecular weight excluding hydrogens is 376 g/mol. The number of ether oxygens (including phenoxy) is 1. The van der Waals surface area contributed by atoms with Crippen molar-refractivity contribution in [3.8, 4) is 0 Å². The lowest BCUT2D eigenvalue weighted by Gasteiger charge is -2.36. The zero-order valence-corrected chi connectivity index (χ0v) is 16.6. The Morgan fingerprint density at radius 1 is 1.04 bits per heavy atom. The van der Waals surface area contributed by atoms with Crippen LogP contribution >= 0.6 is 11.3 Å². The van der Waals surface area contributed by atoms with Gasteiger partial charge in [-0.15, -0.1) is 11.3 Å². The van der Waals surface area contributed by atoms with Crippen LogP contribution in [0.4, 0.5) is 5.69 Å². The van der Waals surface area contributed by atoms with Crippen molar-refractivity contribution in [2.45, 2.75) is 37.5 Å². The maximum Gasteiger partial charge on any atom is 0.337 e. The van der Waals surface area contributed by atoms with Crippen molar-refractivity contribution < 1.29 is 19.1 Å². The number of esters is 1. The molecule has 0 bridgehead atoms. The van der Waals surface area contributed by atoms with E-state index in [-0.39, 0.29) is 5.41 Å². The van der Waals surface area contributed by atoms with Crippen LogP contribution in [-0.4, -0.2) is 31.4 Å². The minimum Gasteiger partial charge on any atom is -0.465 e. The van der Waals surface area contributed by atoms with E-state index in [1.165, 1.54) is 30.5 Å². The Balaban J connectivity index is 1.59. The van der Waals surface area contributed by atoms with Crippen molar-refractivity contribution in [3.63, 3.8) is 0 Å². The molecule has 1 aliphatic rings. The largest absolute Gasteiger partial charge is 0.465 e. The number of anilines is 1. The van der Waals surface area contributed by atoms with E-state index in [0.29, 0.717) is 17.8 Å². The summed E-state index contributed by atoms with van der Waals surface area (Å²) in [6, 6.07) is 10.3. The lowest BCUT2D eigenvalue weighted by atomic mass is 9.73. The zero-order chi connectivity index (χ0) is 20.0. The van der Waals surface area contributed by atoms with Gasteiger partial charge in [-0.1, -0.05) is 25.3 Å². The van der Waals surface area contributed by atoms with Gasteiger partial charge in [0.25, 0.3) is 0 Å². The van der Waals surface area contributed by atoms with E-state index in [2.05, 4.69) is 26.8 Å². The normalized spacial score (nSPS) is 15.5. The van der Waals surface area contributed by atoms with Gasteiger partial charge < -0.3 is 15.4 Å². The molecule has 2 N–H and O–H groups in total. The first kappa shape index (κ1) is 20.1. The van der Waals surface area contributed by atoms with Gasteiger partial charge >= 0.3 is 17.8 Å². The Bertz CT molecular complexity index is 825. The van der Waals surface area contributed by atoms with E-state index >= 15 is 0 Å². The summed E-state index contributed by atoms with van der Waals surface area (Å²) in [6.45, 7) is 0.459. The average Bonchev–Trinajstić information content (AvgIpc) is 3.28. The molecule has 1 heterocycles. The molecule has 0 aliphatic heterocycles. The summed E-state index contributed by atoms with van der Waals surface area (Å²) in [5.74, 6) is -1.83. The third kappa shape index (κ3) is 4.59. The first-order valence-corrected chi connectivity index (χ1v) is 10.2. The molecule has 1 aliphatic carbocycles. The molecule has 2 amide bonds. The minimum atomic E-state index is -0.719. The van der Waals surface area contributed by atoms with Gasteiger partial charge in [0, 0.05) is 22.5 Å². The highest BCUT2D eigenvalue weighted by Crippen LogP contribution is 2.41. The summed E-state index contributed by atoms with van der Waals surface area (Å²) in [7, 11) is 1.30. The lowest BCUT2D eigenvalue weighted by molar-refractivity contribution is -0.136. The van der Waals surface area contributed by atoms with Crippen LogP contribution in [0.3, 0.4) is 0 Å². The van der Waals surface area contributed by atoms with Gasteiger partial charge in [-0.05, 0) is 48.6 Å². The van der Waals surface area contributed by atoms with Crippen LogP contribution in [0, 0.1) is 0 Å². The van der Waals surface area contributed by atoms with Crippen molar-refractivity contribution in [2.24, 2.45) is 0 Å². The Morgan fingerprint density at radius 2 is 1.75 bits per heavy atom. The molecule has 2 aromatic rings. The first-order chi connectivity index (χ1) is 13.5. The number of benzene rings is 1. The van der Waals surface area contributed by atoms with Gasteiger partial charge in [-0.25, -0.2) is 4.79 Å². The number of nitrogens with one attached hydrogen (secondary N) is 2. The van der Waals surface area contributed by atoms with Crippen LogP contribution in [0.15, 0.2) is 41.8 Å². The number of carbonyl (C=O) groups is 3. The summed E-state index contributed by atoms with van der Waals surface area (Å²) in [5, 5.41) is 7.44. The summed E-state index contributed by atoms with van der Waals surface area (Å²) >= 11 is 1.71. The molecule has 7 heteroatoms. The SMILES string of the molecule is COC(=O)c1ccc(NC(=O)C(=O)NCC2(c3cccs3)CCCCC2)cc1. The fourth-order valence-electron chi connectivity index (χ4n) is 3.64. The van der Waals surface area contributed by atoms with Gasteiger partial charge in [0.15, 0.2) is 0 Å². The average molecular weight is 401 g/mol. The molecule has 0 radical (unpaired) electrons. The van der Waals surface area contributed by atoms with Crippen LogP contribution in [0.2, 0.25) is 0 Å². The molecule has 6 nitrogen and oxygen atoms in total. The fourth-order valence-corrected chi connectivity index (χ4v) is 4.63. The number of amides is 2. The van der Waals surface area contributed by atoms with E-state index in [0.717, 1.165) is 25.7 Å². The first-order valence-electron chi connectivity index (χ1n) is 9.36. The highest BCUT2D eigenvalue weighted by Gasteiger charge is 2.35. The van der Waals surface area contributed by atoms with Crippen molar-refractivity contribution in [2.75, 3.05) is 19.0 Å².